The second-order valence-corrected chi connectivity index (χ2v) is 4.70. The number of aliphatic hydroxyl groups excluding tert-OH is 1. The van der Waals surface area contributed by atoms with Gasteiger partial charge in [-0.25, -0.2) is 0 Å². The number of hydrogen-bond donors (Lipinski definition) is 2. The third-order valence-corrected chi connectivity index (χ3v) is 3.21. The molecular formula is C11H16ClN5O. The molecule has 0 aromatic carbocycles. The van der Waals surface area contributed by atoms with Gasteiger partial charge >= 0.3 is 0 Å². The minimum absolute atomic E-state index is 0.192. The van der Waals surface area contributed by atoms with Crippen LogP contribution in [0, 0.1) is 12.8 Å². The third-order valence-electron chi connectivity index (χ3n) is 2.84. The maximum atomic E-state index is 8.88. The zero-order valence-electron chi connectivity index (χ0n) is 10.4. The van der Waals surface area contributed by atoms with Crippen molar-refractivity contribution < 1.29 is 5.11 Å². The van der Waals surface area contributed by atoms with Gasteiger partial charge < -0.3 is 10.4 Å². The van der Waals surface area contributed by atoms with E-state index in [-0.39, 0.29) is 6.61 Å². The summed E-state index contributed by atoms with van der Waals surface area (Å²) in [4.78, 5) is 8.16. The predicted octanol–water partition coefficient (Wildman–Crippen LogP) is 1.52. The Morgan fingerprint density at radius 3 is 3.06 bits per heavy atom. The van der Waals surface area contributed by atoms with Crippen LogP contribution >= 0.6 is 11.6 Å². The largest absolute Gasteiger partial charge is 0.396 e. The molecule has 0 bridgehead atoms. The molecule has 2 N–H and O–H groups in total. The number of nitrogens with one attached hydrogen (secondary N) is 1. The number of fused-ring (bicyclic) bond motifs is 1. The summed E-state index contributed by atoms with van der Waals surface area (Å²) in [6.45, 7) is 4.88. The molecule has 7 heteroatoms. The summed E-state index contributed by atoms with van der Waals surface area (Å²) in [7, 11) is 0. The fourth-order valence-electron chi connectivity index (χ4n) is 1.70. The average Bonchev–Trinajstić information content (AvgIpc) is 2.77. The van der Waals surface area contributed by atoms with Crippen LogP contribution in [0.3, 0.4) is 0 Å². The standard InChI is InChI=1S/C11H16ClN5O/c1-7(3-4-18)5-13-10-8(2)9(12)16-11-14-6-15-17(10)11/h6-7,13,18H,3-5H2,1-2H3. The Hall–Kier alpha value is -1.40. The van der Waals surface area contributed by atoms with E-state index in [1.807, 2.05) is 6.92 Å². The Morgan fingerprint density at radius 2 is 2.33 bits per heavy atom. The van der Waals surface area contributed by atoms with Crippen molar-refractivity contribution >= 4 is 23.2 Å². The molecule has 0 fully saturated rings. The highest BCUT2D eigenvalue weighted by atomic mass is 35.5. The number of aliphatic hydroxyl groups is 1. The van der Waals surface area contributed by atoms with Crippen LogP contribution in [0.2, 0.25) is 5.15 Å². The molecule has 6 nitrogen and oxygen atoms in total. The Labute approximate surface area is 110 Å². The molecule has 0 aliphatic rings. The highest BCUT2D eigenvalue weighted by Crippen LogP contribution is 2.22. The molecule has 0 radical (unpaired) electrons. The topological polar surface area (TPSA) is 75.3 Å². The second-order valence-electron chi connectivity index (χ2n) is 4.35. The van der Waals surface area contributed by atoms with Crippen molar-refractivity contribution in [2.24, 2.45) is 5.92 Å². The van der Waals surface area contributed by atoms with Crippen LogP contribution in [-0.2, 0) is 0 Å². The van der Waals surface area contributed by atoms with E-state index in [9.17, 15) is 0 Å². The van der Waals surface area contributed by atoms with Gasteiger partial charge in [-0.3, -0.25) is 0 Å². The van der Waals surface area contributed by atoms with E-state index < -0.39 is 0 Å². The molecule has 2 aromatic heterocycles. The number of nitrogens with zero attached hydrogens (tertiary/aromatic N) is 4. The lowest BCUT2D eigenvalue weighted by molar-refractivity contribution is 0.265. The zero-order chi connectivity index (χ0) is 13.1. The lowest BCUT2D eigenvalue weighted by Crippen LogP contribution is -2.16. The maximum absolute atomic E-state index is 8.88. The van der Waals surface area contributed by atoms with Crippen molar-refractivity contribution in [3.8, 4) is 0 Å². The van der Waals surface area contributed by atoms with Gasteiger partial charge in [0, 0.05) is 18.7 Å². The van der Waals surface area contributed by atoms with Crippen molar-refractivity contribution in [3.63, 3.8) is 0 Å². The van der Waals surface area contributed by atoms with E-state index >= 15 is 0 Å². The Bertz CT molecular complexity index is 541. The summed E-state index contributed by atoms with van der Waals surface area (Å²) < 4.78 is 1.63. The van der Waals surface area contributed by atoms with E-state index in [1.54, 1.807) is 4.52 Å². The van der Waals surface area contributed by atoms with Gasteiger partial charge in [0.25, 0.3) is 5.78 Å². The minimum Gasteiger partial charge on any atom is -0.396 e. The number of halogens is 1. The lowest BCUT2D eigenvalue weighted by atomic mass is 10.1. The summed E-state index contributed by atoms with van der Waals surface area (Å²) in [6.07, 6.45) is 2.20. The molecular weight excluding hydrogens is 254 g/mol. The van der Waals surface area contributed by atoms with Gasteiger partial charge in [-0.1, -0.05) is 18.5 Å². The zero-order valence-corrected chi connectivity index (χ0v) is 11.1. The van der Waals surface area contributed by atoms with Gasteiger partial charge in [-0.15, -0.1) is 0 Å². The molecule has 1 unspecified atom stereocenters. The van der Waals surface area contributed by atoms with Crippen LogP contribution in [0.1, 0.15) is 18.9 Å². The lowest BCUT2D eigenvalue weighted by Gasteiger charge is -2.15. The minimum atomic E-state index is 0.192. The molecule has 1 atom stereocenters. The third kappa shape index (κ3) is 2.54. The molecule has 0 aliphatic heterocycles. The van der Waals surface area contributed by atoms with E-state index in [0.29, 0.717) is 16.8 Å². The fourth-order valence-corrected chi connectivity index (χ4v) is 1.86. The summed E-state index contributed by atoms with van der Waals surface area (Å²) in [5, 5.41) is 16.7. The predicted molar refractivity (Wildman–Crippen MR) is 69.9 cm³/mol. The normalized spacial score (nSPS) is 12.9. The molecule has 0 amide bonds. The quantitative estimate of drug-likeness (QED) is 0.805. The summed E-state index contributed by atoms with van der Waals surface area (Å²) in [5.41, 5.74) is 0.839. The van der Waals surface area contributed by atoms with Gasteiger partial charge in [-0.05, 0) is 19.3 Å². The number of hydrogen-bond acceptors (Lipinski definition) is 5. The Balaban J connectivity index is 2.26. The van der Waals surface area contributed by atoms with Crippen LogP contribution in [-0.4, -0.2) is 37.8 Å². The van der Waals surface area contributed by atoms with Crippen molar-refractivity contribution in [1.29, 1.82) is 0 Å². The van der Waals surface area contributed by atoms with Gasteiger partial charge in [0.15, 0.2) is 0 Å². The van der Waals surface area contributed by atoms with Crippen molar-refractivity contribution in [2.45, 2.75) is 20.3 Å². The number of aromatic nitrogens is 4. The molecule has 18 heavy (non-hydrogen) atoms. The molecule has 0 saturated carbocycles. The monoisotopic (exact) mass is 269 g/mol. The Kier molecular flexibility index (Phi) is 3.98. The van der Waals surface area contributed by atoms with Gasteiger partial charge in [0.2, 0.25) is 0 Å². The number of anilines is 1. The molecule has 2 rings (SSSR count). The van der Waals surface area contributed by atoms with Crippen LogP contribution in [0.25, 0.3) is 5.78 Å². The SMILES string of the molecule is Cc1c(Cl)nc2ncnn2c1NCC(C)CCO. The first-order chi connectivity index (χ1) is 8.63. The molecule has 2 aromatic rings. The van der Waals surface area contributed by atoms with Gasteiger partial charge in [-0.2, -0.15) is 19.6 Å². The molecule has 0 aliphatic carbocycles. The van der Waals surface area contributed by atoms with E-state index in [4.69, 9.17) is 16.7 Å². The molecule has 2 heterocycles. The molecule has 0 saturated heterocycles. The van der Waals surface area contributed by atoms with E-state index in [2.05, 4.69) is 27.3 Å². The maximum Gasteiger partial charge on any atom is 0.255 e. The van der Waals surface area contributed by atoms with Crippen LogP contribution < -0.4 is 5.32 Å². The first-order valence-electron chi connectivity index (χ1n) is 5.84. The fraction of sp³-hybridized carbons (Fsp3) is 0.545. The highest BCUT2D eigenvalue weighted by Gasteiger charge is 2.12. The molecule has 0 spiro atoms. The van der Waals surface area contributed by atoms with Crippen LogP contribution in [0.15, 0.2) is 6.33 Å². The Morgan fingerprint density at radius 1 is 1.56 bits per heavy atom. The highest BCUT2D eigenvalue weighted by molar-refractivity contribution is 6.30. The first kappa shape index (κ1) is 13.0. The summed E-state index contributed by atoms with van der Waals surface area (Å²) in [5.74, 6) is 1.63. The summed E-state index contributed by atoms with van der Waals surface area (Å²) in [6, 6.07) is 0. The number of rotatable bonds is 5. The van der Waals surface area contributed by atoms with Crippen LogP contribution in [0.5, 0.6) is 0 Å². The van der Waals surface area contributed by atoms with Crippen molar-refractivity contribution in [1.82, 2.24) is 19.6 Å². The first-order valence-corrected chi connectivity index (χ1v) is 6.22. The van der Waals surface area contributed by atoms with Gasteiger partial charge in [0.1, 0.15) is 17.3 Å². The smallest absolute Gasteiger partial charge is 0.255 e. The molecule has 98 valence electrons. The van der Waals surface area contributed by atoms with Gasteiger partial charge in [0.05, 0.1) is 0 Å². The van der Waals surface area contributed by atoms with Crippen molar-refractivity contribution in [3.05, 3.63) is 17.0 Å². The average molecular weight is 270 g/mol. The second kappa shape index (κ2) is 5.49. The van der Waals surface area contributed by atoms with E-state index in [1.165, 1.54) is 6.33 Å². The van der Waals surface area contributed by atoms with Crippen LogP contribution in [0.4, 0.5) is 5.82 Å². The summed E-state index contributed by atoms with van der Waals surface area (Å²) >= 11 is 6.05. The van der Waals surface area contributed by atoms with E-state index in [0.717, 1.165) is 24.3 Å². The van der Waals surface area contributed by atoms with Crippen molar-refractivity contribution in [2.75, 3.05) is 18.5 Å².